The number of primary amides is 1. The van der Waals surface area contributed by atoms with Crippen molar-refractivity contribution < 1.29 is 19.1 Å². The molecule has 0 unspecified atom stereocenters. The molecule has 1 heterocycles. The first-order chi connectivity index (χ1) is 13.6. The molecule has 0 bridgehead atoms. The van der Waals surface area contributed by atoms with Gasteiger partial charge in [-0.25, -0.2) is 4.79 Å². The van der Waals surface area contributed by atoms with E-state index in [-0.39, 0.29) is 24.9 Å². The Hall–Kier alpha value is -2.80. The maximum atomic E-state index is 12.5. The van der Waals surface area contributed by atoms with Crippen molar-refractivity contribution in [3.8, 4) is 0 Å². The van der Waals surface area contributed by atoms with Crippen molar-refractivity contribution in [2.24, 2.45) is 5.73 Å². The summed E-state index contributed by atoms with van der Waals surface area (Å²) in [4.78, 5) is 36.2. The maximum absolute atomic E-state index is 12.5. The SMILES string of the molecule is Cc1cc(C(=O)COC(=O)C[C@@H](NC(N)=O)c2ccccc2Cl)c(C)n1C(C)C. The lowest BCUT2D eigenvalue weighted by atomic mass is 10.0. The van der Waals surface area contributed by atoms with E-state index in [0.717, 1.165) is 11.4 Å². The lowest BCUT2D eigenvalue weighted by molar-refractivity contribution is -0.143. The molecule has 0 aliphatic rings. The molecular formula is C21H26ClN3O4. The molecule has 0 aliphatic carbocycles. The van der Waals surface area contributed by atoms with Crippen molar-refractivity contribution >= 4 is 29.4 Å². The van der Waals surface area contributed by atoms with Crippen LogP contribution in [-0.2, 0) is 9.53 Å². The third-order valence-electron chi connectivity index (χ3n) is 4.63. The summed E-state index contributed by atoms with van der Waals surface area (Å²) in [7, 11) is 0. The van der Waals surface area contributed by atoms with Gasteiger partial charge in [0, 0.05) is 28.0 Å². The number of nitrogens with two attached hydrogens (primary N) is 1. The van der Waals surface area contributed by atoms with E-state index >= 15 is 0 Å². The van der Waals surface area contributed by atoms with Gasteiger partial charge in [0.1, 0.15) is 0 Å². The van der Waals surface area contributed by atoms with Crippen LogP contribution in [0.1, 0.15) is 59.7 Å². The van der Waals surface area contributed by atoms with E-state index in [2.05, 4.69) is 9.88 Å². The second kappa shape index (κ2) is 9.60. The molecule has 0 radical (unpaired) electrons. The standard InChI is InChI=1S/C21H26ClN3O4/c1-12(2)25-13(3)9-16(14(25)4)19(26)11-29-20(27)10-18(24-21(23)28)15-7-5-6-8-17(15)22/h5-9,12,18H,10-11H2,1-4H3,(H3,23,24,28)/t18-/m1/s1. The van der Waals surface area contributed by atoms with E-state index in [1.165, 1.54) is 0 Å². The number of carbonyl (C=O) groups excluding carboxylic acids is 3. The van der Waals surface area contributed by atoms with Gasteiger partial charge >= 0.3 is 12.0 Å². The van der Waals surface area contributed by atoms with Gasteiger partial charge < -0.3 is 20.4 Å². The third kappa shape index (κ3) is 5.60. The average Bonchev–Trinajstić information content (AvgIpc) is 2.93. The Morgan fingerprint density at radius 2 is 1.86 bits per heavy atom. The number of ether oxygens (including phenoxy) is 1. The Kier molecular flexibility index (Phi) is 7.45. The number of hydrogen-bond donors (Lipinski definition) is 2. The molecule has 1 atom stereocenters. The topological polar surface area (TPSA) is 103 Å². The van der Waals surface area contributed by atoms with E-state index in [1.807, 2.05) is 27.7 Å². The van der Waals surface area contributed by atoms with Crippen LogP contribution >= 0.6 is 11.6 Å². The fourth-order valence-corrected chi connectivity index (χ4v) is 3.74. The molecule has 1 aromatic heterocycles. The number of aromatic nitrogens is 1. The Morgan fingerprint density at radius 1 is 1.21 bits per heavy atom. The molecular weight excluding hydrogens is 394 g/mol. The highest BCUT2D eigenvalue weighted by molar-refractivity contribution is 6.31. The predicted molar refractivity (Wildman–Crippen MR) is 111 cm³/mol. The van der Waals surface area contributed by atoms with Gasteiger partial charge in [-0.1, -0.05) is 29.8 Å². The van der Waals surface area contributed by atoms with Gasteiger partial charge in [0.05, 0.1) is 12.5 Å². The van der Waals surface area contributed by atoms with Crippen molar-refractivity contribution in [3.63, 3.8) is 0 Å². The Morgan fingerprint density at radius 3 is 2.41 bits per heavy atom. The summed E-state index contributed by atoms with van der Waals surface area (Å²) in [5.74, 6) is -0.926. The number of carbonyl (C=O) groups is 3. The zero-order valence-electron chi connectivity index (χ0n) is 17.0. The molecule has 156 valence electrons. The summed E-state index contributed by atoms with van der Waals surface area (Å²) in [6.07, 6.45) is -0.203. The fourth-order valence-electron chi connectivity index (χ4n) is 3.47. The van der Waals surface area contributed by atoms with Crippen LogP contribution < -0.4 is 11.1 Å². The van der Waals surface area contributed by atoms with Gasteiger partial charge in [-0.3, -0.25) is 9.59 Å². The number of rotatable bonds is 8. The molecule has 0 saturated heterocycles. The highest BCUT2D eigenvalue weighted by Gasteiger charge is 2.22. The smallest absolute Gasteiger partial charge is 0.312 e. The van der Waals surface area contributed by atoms with Crippen molar-refractivity contribution in [2.45, 2.75) is 46.2 Å². The van der Waals surface area contributed by atoms with Crippen molar-refractivity contribution in [2.75, 3.05) is 6.61 Å². The lowest BCUT2D eigenvalue weighted by Crippen LogP contribution is -2.35. The molecule has 2 amide bonds. The number of aryl methyl sites for hydroxylation is 1. The first-order valence-corrected chi connectivity index (χ1v) is 9.67. The molecule has 0 aliphatic heterocycles. The molecule has 3 N–H and O–H groups in total. The number of benzene rings is 1. The zero-order chi connectivity index (χ0) is 21.7. The lowest BCUT2D eigenvalue weighted by Gasteiger charge is -2.18. The maximum Gasteiger partial charge on any atom is 0.312 e. The van der Waals surface area contributed by atoms with Gasteiger partial charge in [-0.05, 0) is 45.4 Å². The van der Waals surface area contributed by atoms with Gasteiger partial charge in [0.15, 0.2) is 6.61 Å². The predicted octanol–water partition coefficient (Wildman–Crippen LogP) is 3.86. The van der Waals surface area contributed by atoms with Crippen LogP contribution in [0.25, 0.3) is 0 Å². The summed E-state index contributed by atoms with van der Waals surface area (Å²) in [5, 5.41) is 2.87. The molecule has 0 spiro atoms. The van der Waals surface area contributed by atoms with Crippen LogP contribution in [0.15, 0.2) is 30.3 Å². The van der Waals surface area contributed by atoms with Crippen LogP contribution in [0.2, 0.25) is 5.02 Å². The zero-order valence-corrected chi connectivity index (χ0v) is 17.7. The van der Waals surface area contributed by atoms with Crippen LogP contribution in [0.3, 0.4) is 0 Å². The van der Waals surface area contributed by atoms with Crippen LogP contribution in [0.4, 0.5) is 4.79 Å². The quantitative estimate of drug-likeness (QED) is 0.500. The number of Topliss-reactive ketones (excluding diaryl/α,β-unsaturated/α-hetero) is 1. The van der Waals surface area contributed by atoms with Crippen LogP contribution in [-0.4, -0.2) is 29.0 Å². The Balaban J connectivity index is 2.06. The largest absolute Gasteiger partial charge is 0.457 e. The molecule has 0 fully saturated rings. The molecule has 2 aromatic rings. The minimum absolute atomic E-state index is 0.203. The monoisotopic (exact) mass is 419 g/mol. The molecule has 1 aromatic carbocycles. The second-order valence-electron chi connectivity index (χ2n) is 7.12. The van der Waals surface area contributed by atoms with Gasteiger partial charge in [0.2, 0.25) is 5.78 Å². The van der Waals surface area contributed by atoms with Crippen LogP contribution in [0.5, 0.6) is 0 Å². The van der Waals surface area contributed by atoms with E-state index < -0.39 is 18.0 Å². The fraction of sp³-hybridized carbons (Fsp3) is 0.381. The summed E-state index contributed by atoms with van der Waals surface area (Å²) >= 11 is 6.15. The molecule has 7 nitrogen and oxygen atoms in total. The van der Waals surface area contributed by atoms with E-state index in [9.17, 15) is 14.4 Å². The van der Waals surface area contributed by atoms with Gasteiger partial charge in [-0.2, -0.15) is 0 Å². The minimum atomic E-state index is -0.792. The number of ketones is 1. The number of halogens is 1. The van der Waals surface area contributed by atoms with Gasteiger partial charge in [0.25, 0.3) is 0 Å². The normalized spacial score (nSPS) is 11.9. The summed E-state index contributed by atoms with van der Waals surface area (Å²) in [6.45, 7) is 7.49. The number of hydrogen-bond acceptors (Lipinski definition) is 4. The molecule has 29 heavy (non-hydrogen) atoms. The summed E-state index contributed by atoms with van der Waals surface area (Å²) in [5.41, 5.74) is 8.08. The molecule has 0 saturated carbocycles. The van der Waals surface area contributed by atoms with Crippen LogP contribution in [0, 0.1) is 13.8 Å². The summed E-state index contributed by atoms with van der Waals surface area (Å²) < 4.78 is 7.22. The van der Waals surface area contributed by atoms with E-state index in [1.54, 1.807) is 30.3 Å². The number of esters is 1. The number of nitrogens with one attached hydrogen (secondary N) is 1. The van der Waals surface area contributed by atoms with Gasteiger partial charge in [-0.15, -0.1) is 0 Å². The Labute approximate surface area is 175 Å². The average molecular weight is 420 g/mol. The van der Waals surface area contributed by atoms with E-state index in [0.29, 0.717) is 16.1 Å². The molecule has 8 heteroatoms. The highest BCUT2D eigenvalue weighted by Crippen LogP contribution is 2.25. The highest BCUT2D eigenvalue weighted by atomic mass is 35.5. The number of amides is 2. The Bertz CT molecular complexity index is 921. The van der Waals surface area contributed by atoms with Crippen molar-refractivity contribution in [3.05, 3.63) is 57.9 Å². The minimum Gasteiger partial charge on any atom is -0.457 e. The van der Waals surface area contributed by atoms with Crippen molar-refractivity contribution in [1.29, 1.82) is 0 Å². The first-order valence-electron chi connectivity index (χ1n) is 9.29. The third-order valence-corrected chi connectivity index (χ3v) is 4.98. The number of nitrogens with zero attached hydrogens (tertiary/aromatic N) is 1. The van der Waals surface area contributed by atoms with Crippen molar-refractivity contribution in [1.82, 2.24) is 9.88 Å². The molecule has 2 rings (SSSR count). The van der Waals surface area contributed by atoms with E-state index in [4.69, 9.17) is 22.1 Å². The summed E-state index contributed by atoms with van der Waals surface area (Å²) in [6, 6.07) is 7.26. The first kappa shape index (κ1) is 22.5. The second-order valence-corrected chi connectivity index (χ2v) is 7.53. The number of urea groups is 1.